The molecule has 29 heavy (non-hydrogen) atoms. The van der Waals surface area contributed by atoms with E-state index in [0.29, 0.717) is 35.1 Å². The van der Waals surface area contributed by atoms with Gasteiger partial charge in [-0.15, -0.1) is 0 Å². The Morgan fingerprint density at radius 3 is 2.07 bits per heavy atom. The van der Waals surface area contributed by atoms with Gasteiger partial charge in [-0.05, 0) is 62.6 Å². The fourth-order valence-electron chi connectivity index (χ4n) is 3.14. The zero-order valence-corrected chi connectivity index (χ0v) is 17.7. The van der Waals surface area contributed by atoms with E-state index in [9.17, 15) is 10.1 Å². The van der Waals surface area contributed by atoms with Crippen LogP contribution in [0.2, 0.25) is 0 Å². The summed E-state index contributed by atoms with van der Waals surface area (Å²) in [5, 5.41) is 12.4. The van der Waals surface area contributed by atoms with Crippen molar-refractivity contribution in [1.29, 1.82) is 5.26 Å². The summed E-state index contributed by atoms with van der Waals surface area (Å²) in [6, 6.07) is 9.34. The molecule has 2 aromatic rings. The first kappa shape index (κ1) is 21.8. The number of nitrogens with zero attached hydrogens (tertiary/aromatic N) is 1. The molecule has 0 bridgehead atoms. The van der Waals surface area contributed by atoms with Crippen LogP contribution in [0.5, 0.6) is 17.2 Å². The predicted molar refractivity (Wildman–Crippen MR) is 114 cm³/mol. The molecule has 1 N–H and O–H groups in total. The van der Waals surface area contributed by atoms with Crippen molar-refractivity contribution in [2.45, 2.75) is 27.7 Å². The Bertz CT molecular complexity index is 939. The Balaban J connectivity index is 2.41. The molecule has 0 spiro atoms. The van der Waals surface area contributed by atoms with E-state index in [4.69, 9.17) is 14.2 Å². The Labute approximate surface area is 171 Å². The van der Waals surface area contributed by atoms with Gasteiger partial charge < -0.3 is 19.5 Å². The van der Waals surface area contributed by atoms with Gasteiger partial charge >= 0.3 is 0 Å². The van der Waals surface area contributed by atoms with Gasteiger partial charge in [0, 0.05) is 5.69 Å². The SMILES string of the molecule is CCOc1c(OC)cc(/C=C(/C#N)C(=O)Nc2c(C)cc(C)cc2C)cc1OC. The second-order valence-corrected chi connectivity index (χ2v) is 6.59. The summed E-state index contributed by atoms with van der Waals surface area (Å²) in [7, 11) is 3.04. The van der Waals surface area contributed by atoms with Crippen LogP contribution in [-0.2, 0) is 4.79 Å². The maximum absolute atomic E-state index is 12.7. The zero-order chi connectivity index (χ0) is 21.6. The van der Waals surface area contributed by atoms with Gasteiger partial charge in [0.25, 0.3) is 5.91 Å². The molecule has 1 amide bonds. The summed E-state index contributed by atoms with van der Waals surface area (Å²) < 4.78 is 16.3. The fraction of sp³-hybridized carbons (Fsp3) is 0.304. The van der Waals surface area contributed by atoms with Crippen LogP contribution in [0.1, 0.15) is 29.2 Å². The van der Waals surface area contributed by atoms with Crippen LogP contribution in [0, 0.1) is 32.1 Å². The maximum Gasteiger partial charge on any atom is 0.266 e. The number of nitriles is 1. The molecule has 152 valence electrons. The van der Waals surface area contributed by atoms with Crippen LogP contribution in [-0.4, -0.2) is 26.7 Å². The van der Waals surface area contributed by atoms with Crippen LogP contribution in [0.15, 0.2) is 29.8 Å². The Morgan fingerprint density at radius 1 is 1.07 bits per heavy atom. The van der Waals surface area contributed by atoms with Crippen molar-refractivity contribution < 1.29 is 19.0 Å². The third-order valence-electron chi connectivity index (χ3n) is 4.36. The first-order valence-corrected chi connectivity index (χ1v) is 9.24. The standard InChI is InChI=1S/C23H26N2O4/c1-7-29-22-19(27-5)11-17(12-20(22)28-6)10-18(13-24)23(26)25-21-15(3)8-14(2)9-16(21)4/h8-12H,7H2,1-6H3,(H,25,26)/b18-10-. The number of anilines is 1. The van der Waals surface area contributed by atoms with Crippen LogP contribution in [0.25, 0.3) is 6.08 Å². The molecule has 0 fully saturated rings. The minimum Gasteiger partial charge on any atom is -0.493 e. The van der Waals surface area contributed by atoms with Crippen molar-refractivity contribution >= 4 is 17.7 Å². The minimum atomic E-state index is -0.477. The van der Waals surface area contributed by atoms with Crippen molar-refractivity contribution in [3.63, 3.8) is 0 Å². The quantitative estimate of drug-likeness (QED) is 0.549. The number of amides is 1. The second-order valence-electron chi connectivity index (χ2n) is 6.59. The predicted octanol–water partition coefficient (Wildman–Crippen LogP) is 4.57. The molecule has 6 heteroatoms. The lowest BCUT2D eigenvalue weighted by atomic mass is 10.0. The van der Waals surface area contributed by atoms with E-state index in [2.05, 4.69) is 5.32 Å². The summed E-state index contributed by atoms with van der Waals surface area (Å²) >= 11 is 0. The number of carbonyl (C=O) groups excluding carboxylic acids is 1. The van der Waals surface area contributed by atoms with Gasteiger partial charge in [-0.3, -0.25) is 4.79 Å². The molecule has 0 heterocycles. The molecule has 0 saturated carbocycles. The summed E-state index contributed by atoms with van der Waals surface area (Å²) in [6.07, 6.45) is 1.49. The Kier molecular flexibility index (Phi) is 7.27. The molecular formula is C23H26N2O4. The summed E-state index contributed by atoms with van der Waals surface area (Å²) in [5.74, 6) is 0.915. The molecule has 0 aliphatic carbocycles. The van der Waals surface area contributed by atoms with Crippen LogP contribution in [0.3, 0.4) is 0 Å². The number of methoxy groups -OCH3 is 2. The molecule has 0 atom stereocenters. The monoisotopic (exact) mass is 394 g/mol. The van der Waals surface area contributed by atoms with Gasteiger partial charge in [0.05, 0.1) is 20.8 Å². The smallest absolute Gasteiger partial charge is 0.266 e. The number of nitrogens with one attached hydrogen (secondary N) is 1. The first-order valence-electron chi connectivity index (χ1n) is 9.24. The molecule has 0 aliphatic heterocycles. The van der Waals surface area contributed by atoms with Gasteiger partial charge in [-0.25, -0.2) is 0 Å². The van der Waals surface area contributed by atoms with Crippen LogP contribution >= 0.6 is 0 Å². The third kappa shape index (κ3) is 5.08. The average molecular weight is 394 g/mol. The third-order valence-corrected chi connectivity index (χ3v) is 4.36. The number of benzene rings is 2. The highest BCUT2D eigenvalue weighted by molar-refractivity contribution is 6.10. The second kappa shape index (κ2) is 9.65. The first-order chi connectivity index (χ1) is 13.8. The Hall–Kier alpha value is -3.46. The van der Waals surface area contributed by atoms with E-state index < -0.39 is 5.91 Å². The zero-order valence-electron chi connectivity index (χ0n) is 17.7. The van der Waals surface area contributed by atoms with E-state index in [1.807, 2.05) is 45.9 Å². The molecule has 6 nitrogen and oxygen atoms in total. The van der Waals surface area contributed by atoms with Crippen molar-refractivity contribution in [3.05, 3.63) is 52.1 Å². The largest absolute Gasteiger partial charge is 0.493 e. The highest BCUT2D eigenvalue weighted by atomic mass is 16.5. The molecule has 0 saturated heterocycles. The molecule has 2 rings (SSSR count). The van der Waals surface area contributed by atoms with Gasteiger partial charge in [0.15, 0.2) is 11.5 Å². The van der Waals surface area contributed by atoms with Gasteiger partial charge in [0.2, 0.25) is 5.75 Å². The molecular weight excluding hydrogens is 368 g/mol. The van der Waals surface area contributed by atoms with E-state index in [1.165, 1.54) is 20.3 Å². The van der Waals surface area contributed by atoms with E-state index in [0.717, 1.165) is 16.7 Å². The number of ether oxygens (including phenoxy) is 3. The summed E-state index contributed by atoms with van der Waals surface area (Å²) in [4.78, 5) is 12.7. The average Bonchev–Trinajstić information content (AvgIpc) is 2.69. The summed E-state index contributed by atoms with van der Waals surface area (Å²) in [5.41, 5.74) is 4.27. The Morgan fingerprint density at radius 2 is 1.62 bits per heavy atom. The normalized spacial score (nSPS) is 10.9. The van der Waals surface area contributed by atoms with Gasteiger partial charge in [-0.2, -0.15) is 5.26 Å². The van der Waals surface area contributed by atoms with E-state index in [-0.39, 0.29) is 5.57 Å². The molecule has 0 radical (unpaired) electrons. The lowest BCUT2D eigenvalue weighted by molar-refractivity contribution is -0.112. The van der Waals surface area contributed by atoms with Crippen molar-refractivity contribution in [2.24, 2.45) is 0 Å². The van der Waals surface area contributed by atoms with E-state index in [1.54, 1.807) is 12.1 Å². The van der Waals surface area contributed by atoms with Gasteiger partial charge in [0.1, 0.15) is 11.6 Å². The lowest BCUT2D eigenvalue weighted by Gasteiger charge is -2.15. The molecule has 0 aliphatic rings. The number of carbonyl (C=O) groups is 1. The summed E-state index contributed by atoms with van der Waals surface area (Å²) in [6.45, 7) is 8.16. The van der Waals surface area contributed by atoms with Gasteiger partial charge in [-0.1, -0.05) is 17.7 Å². The van der Waals surface area contributed by atoms with Crippen LogP contribution < -0.4 is 19.5 Å². The van der Waals surface area contributed by atoms with E-state index >= 15 is 0 Å². The minimum absolute atomic E-state index is 0.0300. The maximum atomic E-state index is 12.7. The molecule has 2 aromatic carbocycles. The number of hydrogen-bond acceptors (Lipinski definition) is 5. The van der Waals surface area contributed by atoms with Crippen molar-refractivity contribution in [1.82, 2.24) is 0 Å². The van der Waals surface area contributed by atoms with Crippen LogP contribution in [0.4, 0.5) is 5.69 Å². The molecule has 0 unspecified atom stereocenters. The number of rotatable bonds is 7. The molecule has 0 aromatic heterocycles. The topological polar surface area (TPSA) is 80.6 Å². The number of aryl methyl sites for hydroxylation is 3. The highest BCUT2D eigenvalue weighted by Crippen LogP contribution is 2.39. The fourth-order valence-corrected chi connectivity index (χ4v) is 3.14. The van der Waals surface area contributed by atoms with Crippen molar-refractivity contribution in [2.75, 3.05) is 26.1 Å². The highest BCUT2D eigenvalue weighted by Gasteiger charge is 2.16. The number of hydrogen-bond donors (Lipinski definition) is 1. The lowest BCUT2D eigenvalue weighted by Crippen LogP contribution is -2.15. The van der Waals surface area contributed by atoms with Crippen molar-refractivity contribution in [3.8, 4) is 23.3 Å².